The molecular formula is C18H11F2N3. The number of halogens is 2. The first-order chi connectivity index (χ1) is 11.1. The van der Waals surface area contributed by atoms with Crippen molar-refractivity contribution in [2.75, 3.05) is 5.73 Å². The maximum atomic E-state index is 14.1. The monoisotopic (exact) mass is 307 g/mol. The van der Waals surface area contributed by atoms with Gasteiger partial charge in [-0.1, -0.05) is 30.3 Å². The number of hydrogen-bond donors (Lipinski definition) is 1. The lowest BCUT2D eigenvalue weighted by molar-refractivity contribution is 0.628. The fraction of sp³-hybridized carbons (Fsp3) is 0. The Balaban J connectivity index is 2.27. The minimum absolute atomic E-state index is 0.0208. The summed E-state index contributed by atoms with van der Waals surface area (Å²) in [6, 6.07) is 15.4. The zero-order chi connectivity index (χ0) is 16.4. The number of pyridine rings is 1. The number of nitrogens with two attached hydrogens (primary N) is 1. The lowest BCUT2D eigenvalue weighted by Crippen LogP contribution is -2.00. The summed E-state index contributed by atoms with van der Waals surface area (Å²) in [4.78, 5) is 4.14. The van der Waals surface area contributed by atoms with Gasteiger partial charge in [-0.15, -0.1) is 0 Å². The molecule has 0 spiro atoms. The molecule has 23 heavy (non-hydrogen) atoms. The molecule has 1 aromatic heterocycles. The van der Waals surface area contributed by atoms with E-state index >= 15 is 0 Å². The fourth-order valence-corrected chi connectivity index (χ4v) is 2.37. The number of aromatic nitrogens is 1. The van der Waals surface area contributed by atoms with E-state index in [-0.39, 0.29) is 16.9 Å². The number of hydrogen-bond acceptors (Lipinski definition) is 3. The lowest BCUT2D eigenvalue weighted by atomic mass is 9.98. The Kier molecular flexibility index (Phi) is 3.73. The molecule has 0 aliphatic heterocycles. The van der Waals surface area contributed by atoms with E-state index < -0.39 is 11.6 Å². The van der Waals surface area contributed by atoms with Crippen LogP contribution in [0.5, 0.6) is 0 Å². The molecule has 0 atom stereocenters. The van der Waals surface area contributed by atoms with Crippen LogP contribution < -0.4 is 5.73 Å². The molecule has 0 bridgehead atoms. The van der Waals surface area contributed by atoms with Crippen LogP contribution >= 0.6 is 0 Å². The predicted molar refractivity (Wildman–Crippen MR) is 84.2 cm³/mol. The van der Waals surface area contributed by atoms with Gasteiger partial charge in [-0.2, -0.15) is 5.26 Å². The maximum absolute atomic E-state index is 14.1. The third-order valence-corrected chi connectivity index (χ3v) is 3.44. The van der Waals surface area contributed by atoms with Gasteiger partial charge >= 0.3 is 0 Å². The number of nitrogen functional groups attached to an aromatic ring is 1. The van der Waals surface area contributed by atoms with Crippen LogP contribution in [-0.2, 0) is 0 Å². The van der Waals surface area contributed by atoms with Crippen LogP contribution in [0.3, 0.4) is 0 Å². The average Bonchev–Trinajstić information content (AvgIpc) is 2.54. The van der Waals surface area contributed by atoms with E-state index in [0.717, 1.165) is 0 Å². The topological polar surface area (TPSA) is 62.7 Å². The van der Waals surface area contributed by atoms with Gasteiger partial charge in [-0.3, -0.25) is 0 Å². The van der Waals surface area contributed by atoms with Gasteiger partial charge < -0.3 is 5.73 Å². The molecular weight excluding hydrogens is 296 g/mol. The van der Waals surface area contributed by atoms with E-state index in [0.29, 0.717) is 16.8 Å². The molecule has 0 fully saturated rings. The minimum Gasteiger partial charge on any atom is -0.383 e. The van der Waals surface area contributed by atoms with Crippen molar-refractivity contribution in [3.8, 4) is 28.5 Å². The average molecular weight is 307 g/mol. The predicted octanol–water partition coefficient (Wildman–Crippen LogP) is 4.15. The smallest absolute Gasteiger partial charge is 0.142 e. The highest BCUT2D eigenvalue weighted by atomic mass is 19.1. The number of nitrogens with zero attached hydrogens (tertiary/aromatic N) is 2. The Hall–Kier alpha value is -3.26. The highest BCUT2D eigenvalue weighted by Gasteiger charge is 2.16. The normalized spacial score (nSPS) is 10.3. The minimum atomic E-state index is -0.472. The van der Waals surface area contributed by atoms with E-state index in [1.54, 1.807) is 36.4 Å². The summed E-state index contributed by atoms with van der Waals surface area (Å²) >= 11 is 0. The molecule has 3 aromatic rings. The van der Waals surface area contributed by atoms with E-state index in [1.165, 1.54) is 18.2 Å². The van der Waals surface area contributed by atoms with Crippen molar-refractivity contribution in [1.29, 1.82) is 5.26 Å². The highest BCUT2D eigenvalue weighted by molar-refractivity contribution is 5.80. The second-order valence-electron chi connectivity index (χ2n) is 4.92. The van der Waals surface area contributed by atoms with Crippen LogP contribution in [0.15, 0.2) is 54.6 Å². The summed E-state index contributed by atoms with van der Waals surface area (Å²) in [5.74, 6) is -0.910. The Morgan fingerprint density at radius 2 is 1.74 bits per heavy atom. The van der Waals surface area contributed by atoms with Gasteiger partial charge in [0, 0.05) is 16.7 Å². The second kappa shape index (κ2) is 5.85. The summed E-state index contributed by atoms with van der Waals surface area (Å²) in [6.45, 7) is 0. The van der Waals surface area contributed by atoms with E-state index in [2.05, 4.69) is 4.98 Å². The number of benzene rings is 2. The van der Waals surface area contributed by atoms with Crippen LogP contribution in [0.2, 0.25) is 0 Å². The largest absolute Gasteiger partial charge is 0.383 e. The zero-order valence-corrected chi connectivity index (χ0v) is 11.9. The van der Waals surface area contributed by atoms with Crippen molar-refractivity contribution in [2.45, 2.75) is 0 Å². The summed E-state index contributed by atoms with van der Waals surface area (Å²) in [5, 5.41) is 9.30. The first-order valence-electron chi connectivity index (χ1n) is 6.81. The summed E-state index contributed by atoms with van der Waals surface area (Å²) in [7, 11) is 0. The van der Waals surface area contributed by atoms with Crippen molar-refractivity contribution in [3.63, 3.8) is 0 Å². The van der Waals surface area contributed by atoms with Gasteiger partial charge in [0.05, 0.1) is 5.69 Å². The van der Waals surface area contributed by atoms with E-state index in [4.69, 9.17) is 5.73 Å². The van der Waals surface area contributed by atoms with Crippen LogP contribution in [0.25, 0.3) is 22.4 Å². The molecule has 0 aliphatic carbocycles. The molecule has 1 heterocycles. The Morgan fingerprint density at radius 1 is 0.957 bits per heavy atom. The summed E-state index contributed by atoms with van der Waals surface area (Å²) < 4.78 is 27.5. The maximum Gasteiger partial charge on any atom is 0.142 e. The molecule has 2 aromatic carbocycles. The number of anilines is 1. The molecule has 0 unspecified atom stereocenters. The van der Waals surface area contributed by atoms with Gasteiger partial charge in [-0.05, 0) is 24.3 Å². The van der Waals surface area contributed by atoms with E-state index in [1.807, 2.05) is 6.07 Å². The standard InChI is InChI=1S/C18H11F2N3/c19-12-5-3-4-11(8-12)17-9-14(15(10-21)18(22)23-17)13-6-1-2-7-16(13)20/h1-9H,(H2,22,23). The van der Waals surface area contributed by atoms with Crippen LogP contribution in [0.4, 0.5) is 14.6 Å². The molecule has 0 aliphatic rings. The Morgan fingerprint density at radius 3 is 2.43 bits per heavy atom. The van der Waals surface area contributed by atoms with Crippen LogP contribution in [-0.4, -0.2) is 4.98 Å². The Bertz CT molecular complexity index is 930. The molecule has 112 valence electrons. The SMILES string of the molecule is N#Cc1c(-c2ccccc2F)cc(-c2cccc(F)c2)nc1N. The molecule has 0 amide bonds. The van der Waals surface area contributed by atoms with Gasteiger partial charge in [0.25, 0.3) is 0 Å². The van der Waals surface area contributed by atoms with Crippen LogP contribution in [0, 0.1) is 23.0 Å². The summed E-state index contributed by atoms with van der Waals surface area (Å²) in [5.41, 5.74) is 7.39. The van der Waals surface area contributed by atoms with Crippen molar-refractivity contribution < 1.29 is 8.78 Å². The fourth-order valence-electron chi connectivity index (χ4n) is 2.37. The molecule has 5 heteroatoms. The lowest BCUT2D eigenvalue weighted by Gasteiger charge is -2.11. The molecule has 0 saturated heterocycles. The third kappa shape index (κ3) is 2.74. The molecule has 3 rings (SSSR count). The van der Waals surface area contributed by atoms with Crippen LogP contribution in [0.1, 0.15) is 5.56 Å². The van der Waals surface area contributed by atoms with Gasteiger partial charge in [0.15, 0.2) is 0 Å². The highest BCUT2D eigenvalue weighted by Crippen LogP contribution is 2.32. The third-order valence-electron chi connectivity index (χ3n) is 3.44. The zero-order valence-electron chi connectivity index (χ0n) is 11.9. The van der Waals surface area contributed by atoms with Gasteiger partial charge in [0.2, 0.25) is 0 Å². The van der Waals surface area contributed by atoms with E-state index in [9.17, 15) is 14.0 Å². The van der Waals surface area contributed by atoms with Gasteiger partial charge in [0.1, 0.15) is 29.1 Å². The van der Waals surface area contributed by atoms with Crippen molar-refractivity contribution in [1.82, 2.24) is 4.98 Å². The molecule has 2 N–H and O–H groups in total. The molecule has 0 saturated carbocycles. The quantitative estimate of drug-likeness (QED) is 0.773. The first kappa shape index (κ1) is 14.7. The van der Waals surface area contributed by atoms with Crippen molar-refractivity contribution in [3.05, 3.63) is 71.8 Å². The number of rotatable bonds is 2. The Labute approximate surface area is 131 Å². The van der Waals surface area contributed by atoms with Gasteiger partial charge in [-0.25, -0.2) is 13.8 Å². The second-order valence-corrected chi connectivity index (χ2v) is 4.92. The first-order valence-corrected chi connectivity index (χ1v) is 6.81. The van der Waals surface area contributed by atoms with Crippen molar-refractivity contribution in [2.24, 2.45) is 0 Å². The summed E-state index contributed by atoms with van der Waals surface area (Å²) in [6.07, 6.45) is 0. The number of nitriles is 1. The molecule has 0 radical (unpaired) electrons. The molecule has 3 nitrogen and oxygen atoms in total. The van der Waals surface area contributed by atoms with Crippen molar-refractivity contribution >= 4 is 5.82 Å².